The average Bonchev–Trinajstić information content (AvgIpc) is 3.18. The van der Waals surface area contributed by atoms with Gasteiger partial charge in [-0.25, -0.2) is 8.78 Å². The van der Waals surface area contributed by atoms with Crippen molar-refractivity contribution in [2.24, 2.45) is 5.41 Å². The van der Waals surface area contributed by atoms with Crippen molar-refractivity contribution in [2.45, 2.75) is 19.3 Å². The quantitative estimate of drug-likeness (QED) is 0.632. The van der Waals surface area contributed by atoms with E-state index in [0.717, 1.165) is 24.6 Å². The minimum Gasteiger partial charge on any atom is -0.503 e. The molecule has 0 unspecified atom stereocenters. The van der Waals surface area contributed by atoms with E-state index in [1.165, 1.54) is 0 Å². The van der Waals surface area contributed by atoms with Gasteiger partial charge < -0.3 is 10.4 Å². The van der Waals surface area contributed by atoms with Crippen molar-refractivity contribution in [1.82, 2.24) is 5.32 Å². The number of carbonyl (C=O) groups is 1. The zero-order chi connectivity index (χ0) is 14.9. The fraction of sp³-hybridized carbons (Fsp3) is 0.462. The molecule has 20 heavy (non-hydrogen) atoms. The molecular weight excluding hydrogens is 339 g/mol. The Labute approximate surface area is 122 Å². The van der Waals surface area contributed by atoms with Crippen molar-refractivity contribution >= 4 is 21.8 Å². The summed E-state index contributed by atoms with van der Waals surface area (Å²) in [6.07, 6.45) is 2.80. The van der Waals surface area contributed by atoms with Crippen LogP contribution in [0.2, 0.25) is 0 Å². The third kappa shape index (κ3) is 2.92. The predicted molar refractivity (Wildman–Crippen MR) is 70.4 cm³/mol. The molecule has 2 rings (SSSR count). The molecule has 1 aliphatic rings. The third-order valence-electron chi connectivity index (χ3n) is 3.58. The lowest BCUT2D eigenvalue weighted by Gasteiger charge is -2.15. The molecule has 0 aromatic heterocycles. The smallest absolute Gasteiger partial charge is 0.254 e. The molecule has 3 nitrogen and oxygen atoms in total. The first-order chi connectivity index (χ1) is 9.40. The van der Waals surface area contributed by atoms with Gasteiger partial charge in [-0.15, -0.1) is 0 Å². The summed E-state index contributed by atoms with van der Waals surface area (Å²) in [5.74, 6) is -6.95. The van der Waals surface area contributed by atoms with Crippen molar-refractivity contribution in [3.05, 3.63) is 29.1 Å². The Kier molecular flexibility index (Phi) is 4.27. The Morgan fingerprint density at radius 3 is 2.55 bits per heavy atom. The monoisotopic (exact) mass is 351 g/mol. The van der Waals surface area contributed by atoms with Crippen LogP contribution in [0.15, 0.2) is 6.07 Å². The van der Waals surface area contributed by atoms with Gasteiger partial charge in [-0.1, -0.05) is 15.9 Å². The van der Waals surface area contributed by atoms with Crippen LogP contribution in [0.1, 0.15) is 29.6 Å². The number of hydrogen-bond donors (Lipinski definition) is 2. The molecule has 1 amide bonds. The molecule has 0 atom stereocenters. The van der Waals surface area contributed by atoms with Crippen LogP contribution in [0, 0.1) is 22.9 Å². The molecule has 1 aromatic carbocycles. The Bertz CT molecular complexity index is 547. The minimum absolute atomic E-state index is 0.0102. The second kappa shape index (κ2) is 5.63. The molecule has 0 heterocycles. The molecule has 1 saturated carbocycles. The van der Waals surface area contributed by atoms with Gasteiger partial charge in [0.05, 0.1) is 5.56 Å². The van der Waals surface area contributed by atoms with E-state index < -0.39 is 34.7 Å². The Morgan fingerprint density at radius 2 is 2.00 bits per heavy atom. The highest BCUT2D eigenvalue weighted by atomic mass is 79.9. The molecule has 110 valence electrons. The van der Waals surface area contributed by atoms with Crippen LogP contribution in [0.5, 0.6) is 5.75 Å². The van der Waals surface area contributed by atoms with Gasteiger partial charge in [-0.2, -0.15) is 4.39 Å². The number of carbonyl (C=O) groups excluding carboxylic acids is 1. The van der Waals surface area contributed by atoms with Crippen LogP contribution in [0.3, 0.4) is 0 Å². The zero-order valence-corrected chi connectivity index (χ0v) is 12.1. The number of aromatic hydroxyl groups is 1. The molecule has 1 aliphatic carbocycles. The summed E-state index contributed by atoms with van der Waals surface area (Å²) in [5.41, 5.74) is -0.688. The number of rotatable bonds is 5. The molecule has 1 aromatic rings. The first-order valence-electron chi connectivity index (χ1n) is 6.11. The lowest BCUT2D eigenvalue weighted by molar-refractivity contribution is 0.0938. The van der Waals surface area contributed by atoms with Crippen molar-refractivity contribution in [1.29, 1.82) is 0 Å². The minimum atomic E-state index is -1.70. The van der Waals surface area contributed by atoms with Crippen molar-refractivity contribution in [3.63, 3.8) is 0 Å². The van der Waals surface area contributed by atoms with Crippen LogP contribution >= 0.6 is 15.9 Å². The molecule has 1 fully saturated rings. The number of benzene rings is 1. The van der Waals surface area contributed by atoms with E-state index in [0.29, 0.717) is 12.6 Å². The van der Waals surface area contributed by atoms with Crippen LogP contribution in [-0.2, 0) is 0 Å². The second-order valence-electron chi connectivity index (χ2n) is 5.00. The highest BCUT2D eigenvalue weighted by molar-refractivity contribution is 9.09. The Balaban J connectivity index is 2.10. The summed E-state index contributed by atoms with van der Waals surface area (Å²) in [4.78, 5) is 11.8. The van der Waals surface area contributed by atoms with Crippen LogP contribution in [0.4, 0.5) is 13.2 Å². The van der Waals surface area contributed by atoms with Crippen LogP contribution in [-0.4, -0.2) is 22.9 Å². The summed E-state index contributed by atoms with van der Waals surface area (Å²) >= 11 is 3.32. The summed E-state index contributed by atoms with van der Waals surface area (Å²) in [7, 11) is 0. The van der Waals surface area contributed by atoms with Crippen molar-refractivity contribution in [2.75, 3.05) is 11.9 Å². The van der Waals surface area contributed by atoms with Gasteiger partial charge in [-0.3, -0.25) is 4.79 Å². The Hall–Kier alpha value is -1.24. The lowest BCUT2D eigenvalue weighted by atomic mass is 10.0. The van der Waals surface area contributed by atoms with Crippen molar-refractivity contribution < 1.29 is 23.1 Å². The molecule has 0 saturated heterocycles. The fourth-order valence-corrected chi connectivity index (χ4v) is 2.85. The SMILES string of the molecule is O=C(NCC1(CCBr)CC1)c1cc(F)c(F)c(O)c1F. The third-order valence-corrected chi connectivity index (χ3v) is 3.98. The number of phenolic OH excluding ortho intramolecular Hbond substituents is 1. The van der Waals surface area contributed by atoms with Gasteiger partial charge in [0.2, 0.25) is 5.82 Å². The first-order valence-corrected chi connectivity index (χ1v) is 7.23. The molecule has 0 aliphatic heterocycles. The summed E-state index contributed by atoms with van der Waals surface area (Å²) in [5, 5.41) is 12.4. The number of amides is 1. The van der Waals surface area contributed by atoms with Gasteiger partial charge in [0.15, 0.2) is 17.4 Å². The van der Waals surface area contributed by atoms with Gasteiger partial charge in [0.1, 0.15) is 0 Å². The number of halogens is 4. The number of alkyl halides is 1. The predicted octanol–water partition coefficient (Wildman–Crippen LogP) is 3.10. The fourth-order valence-electron chi connectivity index (χ4n) is 2.01. The van der Waals surface area contributed by atoms with E-state index in [9.17, 15) is 18.0 Å². The van der Waals surface area contributed by atoms with Gasteiger partial charge in [0, 0.05) is 11.9 Å². The standard InChI is InChI=1S/C13H13BrF3NO2/c14-4-3-13(1-2-13)6-18-12(20)7-5-8(15)10(17)11(19)9(7)16/h5,19H,1-4,6H2,(H,18,20). The van der Waals surface area contributed by atoms with Gasteiger partial charge in [-0.05, 0) is 30.7 Å². The molecular formula is C13H13BrF3NO2. The highest BCUT2D eigenvalue weighted by Crippen LogP contribution is 2.48. The first kappa shape index (κ1) is 15.2. The Morgan fingerprint density at radius 1 is 1.35 bits per heavy atom. The maximum atomic E-state index is 13.6. The summed E-state index contributed by atoms with van der Waals surface area (Å²) in [6.45, 7) is 0.344. The van der Waals surface area contributed by atoms with E-state index in [4.69, 9.17) is 5.11 Å². The van der Waals surface area contributed by atoms with E-state index in [1.54, 1.807) is 0 Å². The highest BCUT2D eigenvalue weighted by Gasteiger charge is 2.41. The number of hydrogen-bond acceptors (Lipinski definition) is 2. The van der Waals surface area contributed by atoms with Gasteiger partial charge in [0.25, 0.3) is 5.91 Å². The van der Waals surface area contributed by atoms with Gasteiger partial charge >= 0.3 is 0 Å². The molecule has 2 N–H and O–H groups in total. The number of phenols is 1. The maximum Gasteiger partial charge on any atom is 0.254 e. The molecule has 0 bridgehead atoms. The average molecular weight is 352 g/mol. The number of nitrogens with one attached hydrogen (secondary N) is 1. The lowest BCUT2D eigenvalue weighted by Crippen LogP contribution is -2.31. The van der Waals surface area contributed by atoms with Crippen LogP contribution < -0.4 is 5.32 Å². The normalized spacial score (nSPS) is 16.0. The van der Waals surface area contributed by atoms with Crippen molar-refractivity contribution in [3.8, 4) is 5.75 Å². The topological polar surface area (TPSA) is 49.3 Å². The molecule has 0 spiro atoms. The second-order valence-corrected chi connectivity index (χ2v) is 5.80. The molecule has 7 heteroatoms. The summed E-state index contributed by atoms with van der Waals surface area (Å²) in [6, 6.07) is 0.448. The van der Waals surface area contributed by atoms with E-state index in [2.05, 4.69) is 21.2 Å². The van der Waals surface area contributed by atoms with Crippen LogP contribution in [0.25, 0.3) is 0 Å². The zero-order valence-electron chi connectivity index (χ0n) is 10.5. The maximum absolute atomic E-state index is 13.6. The van der Waals surface area contributed by atoms with E-state index >= 15 is 0 Å². The van der Waals surface area contributed by atoms with E-state index in [1.807, 2.05) is 0 Å². The van der Waals surface area contributed by atoms with E-state index in [-0.39, 0.29) is 5.41 Å². The largest absolute Gasteiger partial charge is 0.503 e. The summed E-state index contributed by atoms with van der Waals surface area (Å²) < 4.78 is 39.6. The molecule has 0 radical (unpaired) electrons.